The van der Waals surface area contributed by atoms with Gasteiger partial charge in [-0.1, -0.05) is 32.0 Å². The summed E-state index contributed by atoms with van der Waals surface area (Å²) in [6.07, 6.45) is 0. The number of carbonyl (C=O) groups is 2. The average Bonchev–Trinajstić information content (AvgIpc) is 2.72. The maximum Gasteiger partial charge on any atom is 0.260 e. The zero-order valence-corrected chi connectivity index (χ0v) is 16.9. The van der Waals surface area contributed by atoms with Crippen molar-refractivity contribution < 1.29 is 14.3 Å². The van der Waals surface area contributed by atoms with Gasteiger partial charge in [0.2, 0.25) is 0 Å². The third kappa shape index (κ3) is 4.71. The van der Waals surface area contributed by atoms with Gasteiger partial charge in [-0.3, -0.25) is 9.59 Å². The van der Waals surface area contributed by atoms with Gasteiger partial charge in [-0.15, -0.1) is 0 Å². The smallest absolute Gasteiger partial charge is 0.260 e. The van der Waals surface area contributed by atoms with E-state index in [0.29, 0.717) is 19.0 Å². The van der Waals surface area contributed by atoms with Crippen molar-refractivity contribution in [3.8, 4) is 5.75 Å². The lowest BCUT2D eigenvalue weighted by Crippen LogP contribution is -2.50. The van der Waals surface area contributed by atoms with Gasteiger partial charge in [0.05, 0.1) is 0 Å². The van der Waals surface area contributed by atoms with Crippen LogP contribution in [-0.4, -0.2) is 49.4 Å². The summed E-state index contributed by atoms with van der Waals surface area (Å²) in [6, 6.07) is 15.5. The van der Waals surface area contributed by atoms with Gasteiger partial charge in [-0.25, -0.2) is 0 Å². The number of rotatable bonds is 6. The van der Waals surface area contributed by atoms with Crippen LogP contribution in [0, 0.1) is 0 Å². The van der Waals surface area contributed by atoms with E-state index in [2.05, 4.69) is 18.7 Å². The molecule has 2 aromatic rings. The van der Waals surface area contributed by atoms with Crippen LogP contribution in [0.4, 0.5) is 5.69 Å². The van der Waals surface area contributed by atoms with Gasteiger partial charge in [-0.05, 0) is 48.7 Å². The normalized spacial score (nSPS) is 14.3. The summed E-state index contributed by atoms with van der Waals surface area (Å²) >= 11 is 0. The summed E-state index contributed by atoms with van der Waals surface area (Å²) < 4.78 is 5.82. The van der Waals surface area contributed by atoms with E-state index in [0.717, 1.165) is 35.7 Å². The highest BCUT2D eigenvalue weighted by Gasteiger charge is 2.22. The van der Waals surface area contributed by atoms with E-state index in [1.807, 2.05) is 53.4 Å². The largest absolute Gasteiger partial charge is 0.483 e. The molecule has 1 fully saturated rings. The molecule has 0 unspecified atom stereocenters. The molecule has 0 aromatic heterocycles. The summed E-state index contributed by atoms with van der Waals surface area (Å²) in [5.74, 6) is 1.23. The number of anilines is 1. The number of benzene rings is 2. The Bertz CT molecular complexity index is 822. The lowest BCUT2D eigenvalue weighted by Gasteiger charge is -2.36. The minimum atomic E-state index is 0.0186. The summed E-state index contributed by atoms with van der Waals surface area (Å²) in [7, 11) is 0. The number of ether oxygens (including phenoxy) is 1. The topological polar surface area (TPSA) is 49.9 Å². The van der Waals surface area contributed by atoms with Crippen molar-refractivity contribution >= 4 is 17.4 Å². The van der Waals surface area contributed by atoms with Crippen molar-refractivity contribution in [2.24, 2.45) is 0 Å². The van der Waals surface area contributed by atoms with Gasteiger partial charge in [-0.2, -0.15) is 0 Å². The van der Waals surface area contributed by atoms with Gasteiger partial charge < -0.3 is 14.5 Å². The van der Waals surface area contributed by atoms with Gasteiger partial charge in [0.1, 0.15) is 5.75 Å². The van der Waals surface area contributed by atoms with E-state index in [9.17, 15) is 9.59 Å². The first kappa shape index (κ1) is 19.9. The molecule has 1 aliphatic rings. The molecule has 148 valence electrons. The van der Waals surface area contributed by atoms with E-state index in [-0.39, 0.29) is 18.3 Å². The van der Waals surface area contributed by atoms with Crippen LogP contribution in [0.2, 0.25) is 0 Å². The van der Waals surface area contributed by atoms with Gasteiger partial charge >= 0.3 is 0 Å². The summed E-state index contributed by atoms with van der Waals surface area (Å²) in [6.45, 7) is 8.75. The molecule has 0 N–H and O–H groups in total. The molecule has 0 bridgehead atoms. The third-order valence-electron chi connectivity index (χ3n) is 5.16. The SMILES string of the molecule is CC(=O)c1ccc(N2CCN(C(=O)COc3ccccc3C(C)C)CC2)cc1. The van der Waals surface area contributed by atoms with Crippen LogP contribution >= 0.6 is 0 Å². The second-order valence-electron chi connectivity index (χ2n) is 7.45. The number of carbonyl (C=O) groups excluding carboxylic acids is 2. The molecule has 28 heavy (non-hydrogen) atoms. The van der Waals surface area contributed by atoms with Gasteiger partial charge in [0.15, 0.2) is 12.4 Å². The molecule has 1 amide bonds. The fourth-order valence-electron chi connectivity index (χ4n) is 3.44. The van der Waals surface area contributed by atoms with E-state index >= 15 is 0 Å². The lowest BCUT2D eigenvalue weighted by molar-refractivity contribution is -0.133. The summed E-state index contributed by atoms with van der Waals surface area (Å²) in [4.78, 5) is 28.1. The molecule has 0 radical (unpaired) electrons. The number of nitrogens with zero attached hydrogens (tertiary/aromatic N) is 2. The van der Waals surface area contributed by atoms with Crippen molar-refractivity contribution in [1.82, 2.24) is 4.90 Å². The molecule has 2 aromatic carbocycles. The highest BCUT2D eigenvalue weighted by atomic mass is 16.5. The Morgan fingerprint density at radius 1 is 0.964 bits per heavy atom. The maximum atomic E-state index is 12.6. The second kappa shape index (κ2) is 8.91. The number of ketones is 1. The number of Topliss-reactive ketones (excluding diaryl/α,β-unsaturated/α-hetero) is 1. The van der Waals surface area contributed by atoms with E-state index in [4.69, 9.17) is 4.74 Å². The molecular weight excluding hydrogens is 352 g/mol. The molecule has 1 heterocycles. The minimum Gasteiger partial charge on any atom is -0.483 e. The van der Waals surface area contributed by atoms with Crippen LogP contribution in [0.1, 0.15) is 42.6 Å². The maximum absolute atomic E-state index is 12.6. The predicted molar refractivity (Wildman–Crippen MR) is 111 cm³/mol. The first-order valence-corrected chi connectivity index (χ1v) is 9.81. The van der Waals surface area contributed by atoms with Crippen LogP contribution in [0.15, 0.2) is 48.5 Å². The van der Waals surface area contributed by atoms with Gasteiger partial charge in [0, 0.05) is 37.4 Å². The van der Waals surface area contributed by atoms with Crippen molar-refractivity contribution in [1.29, 1.82) is 0 Å². The van der Waals surface area contributed by atoms with E-state index < -0.39 is 0 Å². The van der Waals surface area contributed by atoms with E-state index in [1.54, 1.807) is 6.92 Å². The molecule has 5 heteroatoms. The van der Waals surface area contributed by atoms with Crippen LogP contribution in [0.3, 0.4) is 0 Å². The zero-order valence-electron chi connectivity index (χ0n) is 16.9. The Morgan fingerprint density at radius 3 is 2.21 bits per heavy atom. The van der Waals surface area contributed by atoms with Crippen molar-refractivity contribution in [2.75, 3.05) is 37.7 Å². The average molecular weight is 380 g/mol. The standard InChI is InChI=1S/C23H28N2O3/c1-17(2)21-6-4-5-7-22(21)28-16-23(27)25-14-12-24(13-15-25)20-10-8-19(9-11-20)18(3)26/h4-11,17H,12-16H2,1-3H3. The monoisotopic (exact) mass is 380 g/mol. The molecule has 0 atom stereocenters. The molecule has 0 aliphatic carbocycles. The molecule has 0 spiro atoms. The molecule has 0 saturated carbocycles. The van der Waals surface area contributed by atoms with Crippen LogP contribution < -0.4 is 9.64 Å². The Hall–Kier alpha value is -2.82. The number of hydrogen-bond acceptors (Lipinski definition) is 4. The highest BCUT2D eigenvalue weighted by molar-refractivity contribution is 5.94. The molecular formula is C23H28N2O3. The summed E-state index contributed by atoms with van der Waals surface area (Å²) in [5, 5.41) is 0. The quantitative estimate of drug-likeness (QED) is 0.717. The molecule has 3 rings (SSSR count). The Kier molecular flexibility index (Phi) is 6.34. The number of hydrogen-bond donors (Lipinski definition) is 0. The van der Waals surface area contributed by atoms with Crippen molar-refractivity contribution in [3.05, 3.63) is 59.7 Å². The minimum absolute atomic E-state index is 0.0186. The van der Waals surface area contributed by atoms with Crippen LogP contribution in [0.25, 0.3) is 0 Å². The first-order valence-electron chi connectivity index (χ1n) is 9.81. The van der Waals surface area contributed by atoms with Crippen molar-refractivity contribution in [3.63, 3.8) is 0 Å². The third-order valence-corrected chi connectivity index (χ3v) is 5.16. The highest BCUT2D eigenvalue weighted by Crippen LogP contribution is 2.26. The van der Waals surface area contributed by atoms with Crippen LogP contribution in [0.5, 0.6) is 5.75 Å². The second-order valence-corrected chi connectivity index (χ2v) is 7.45. The fraction of sp³-hybridized carbons (Fsp3) is 0.391. The zero-order chi connectivity index (χ0) is 20.1. The Balaban J connectivity index is 1.52. The van der Waals surface area contributed by atoms with Gasteiger partial charge in [0.25, 0.3) is 5.91 Å². The molecule has 1 saturated heterocycles. The number of piperazine rings is 1. The summed E-state index contributed by atoms with van der Waals surface area (Å²) in [5.41, 5.74) is 2.92. The predicted octanol–water partition coefficient (Wildman–Crippen LogP) is 3.74. The first-order chi connectivity index (χ1) is 13.5. The van der Waals surface area contributed by atoms with Crippen molar-refractivity contribution in [2.45, 2.75) is 26.7 Å². The number of amides is 1. The molecule has 5 nitrogen and oxygen atoms in total. The van der Waals surface area contributed by atoms with Crippen LogP contribution in [-0.2, 0) is 4.79 Å². The Morgan fingerprint density at radius 2 is 1.61 bits per heavy atom. The number of para-hydroxylation sites is 1. The van der Waals surface area contributed by atoms with E-state index in [1.165, 1.54) is 0 Å². The Labute approximate surface area is 166 Å². The lowest BCUT2D eigenvalue weighted by atomic mass is 10.0. The molecule has 1 aliphatic heterocycles. The fourth-order valence-corrected chi connectivity index (χ4v) is 3.44.